The summed E-state index contributed by atoms with van der Waals surface area (Å²) in [6.45, 7) is 0.974. The molecule has 0 bridgehead atoms. The van der Waals surface area contributed by atoms with E-state index in [1.165, 1.54) is 34.6 Å². The smallest absolute Gasteiger partial charge is 0.293 e. The van der Waals surface area contributed by atoms with Gasteiger partial charge in [-0.15, -0.1) is 0 Å². The Morgan fingerprint density at radius 3 is 2.35 bits per heavy atom. The zero-order valence-corrected chi connectivity index (χ0v) is 18.4. The first-order valence-electron chi connectivity index (χ1n) is 10.1. The van der Waals surface area contributed by atoms with E-state index in [0.717, 1.165) is 25.7 Å². The third-order valence-corrected chi connectivity index (χ3v) is 7.11. The quantitative estimate of drug-likeness (QED) is 0.537. The predicted octanol–water partition coefficient (Wildman–Crippen LogP) is 3.48. The van der Waals surface area contributed by atoms with Gasteiger partial charge in [0.25, 0.3) is 11.6 Å². The van der Waals surface area contributed by atoms with Gasteiger partial charge < -0.3 is 10.2 Å². The van der Waals surface area contributed by atoms with E-state index in [0.29, 0.717) is 24.5 Å². The fourth-order valence-corrected chi connectivity index (χ4v) is 5.12. The van der Waals surface area contributed by atoms with Gasteiger partial charge in [0.05, 0.1) is 9.82 Å². The minimum atomic E-state index is -3.65. The fraction of sp³-hybridized carbons (Fsp3) is 0.381. The van der Waals surface area contributed by atoms with Gasteiger partial charge in [0.15, 0.2) is 0 Å². The second-order valence-electron chi connectivity index (χ2n) is 7.66. The second kappa shape index (κ2) is 9.44. The van der Waals surface area contributed by atoms with Crippen LogP contribution >= 0.6 is 0 Å². The van der Waals surface area contributed by atoms with Crippen LogP contribution in [0.1, 0.15) is 36.0 Å². The molecule has 0 atom stereocenters. The van der Waals surface area contributed by atoms with Crippen molar-refractivity contribution in [2.45, 2.75) is 30.6 Å². The maximum absolute atomic E-state index is 13.0. The molecule has 0 radical (unpaired) electrons. The maximum atomic E-state index is 13.0. The van der Waals surface area contributed by atoms with E-state index in [4.69, 9.17) is 0 Å². The molecule has 1 saturated heterocycles. The molecule has 9 nitrogen and oxygen atoms in total. The van der Waals surface area contributed by atoms with Crippen molar-refractivity contribution in [2.24, 2.45) is 0 Å². The number of nitrogens with one attached hydrogen (secondary N) is 1. The molecule has 0 aromatic heterocycles. The number of carbonyl (C=O) groups is 1. The Morgan fingerprint density at radius 2 is 1.74 bits per heavy atom. The summed E-state index contributed by atoms with van der Waals surface area (Å²) in [5, 5.41) is 14.0. The number of rotatable bonds is 6. The lowest BCUT2D eigenvalue weighted by Crippen LogP contribution is -2.32. The van der Waals surface area contributed by atoms with E-state index in [1.54, 1.807) is 31.1 Å². The summed E-state index contributed by atoms with van der Waals surface area (Å²) < 4.78 is 27.5. The van der Waals surface area contributed by atoms with Crippen molar-refractivity contribution in [2.75, 3.05) is 37.4 Å². The lowest BCUT2D eigenvalue weighted by molar-refractivity contribution is -0.384. The van der Waals surface area contributed by atoms with Crippen LogP contribution in [0.5, 0.6) is 0 Å². The van der Waals surface area contributed by atoms with E-state index in [2.05, 4.69) is 5.32 Å². The average Bonchev–Trinajstić information content (AvgIpc) is 3.03. The highest BCUT2D eigenvalue weighted by atomic mass is 32.2. The van der Waals surface area contributed by atoms with Crippen LogP contribution in [-0.2, 0) is 10.0 Å². The largest absolute Gasteiger partial charge is 0.372 e. The van der Waals surface area contributed by atoms with Crippen molar-refractivity contribution in [3.8, 4) is 0 Å². The van der Waals surface area contributed by atoms with Gasteiger partial charge in [0.2, 0.25) is 10.0 Å². The first-order chi connectivity index (χ1) is 14.7. The van der Waals surface area contributed by atoms with Crippen molar-refractivity contribution in [3.05, 3.63) is 58.1 Å². The number of sulfonamides is 1. The molecule has 1 aliphatic rings. The number of hydrogen-bond donors (Lipinski definition) is 1. The second-order valence-corrected chi connectivity index (χ2v) is 9.59. The highest BCUT2D eigenvalue weighted by Crippen LogP contribution is 2.28. The number of nitrogens with zero attached hydrogens (tertiary/aromatic N) is 3. The molecular formula is C21H26N4O5S. The van der Waals surface area contributed by atoms with E-state index >= 15 is 0 Å². The van der Waals surface area contributed by atoms with Crippen molar-refractivity contribution in [3.63, 3.8) is 0 Å². The Kier molecular flexibility index (Phi) is 6.91. The molecule has 10 heteroatoms. The molecule has 3 rings (SSSR count). The monoisotopic (exact) mass is 446 g/mol. The normalized spacial score (nSPS) is 15.2. The van der Waals surface area contributed by atoms with Crippen LogP contribution in [0.2, 0.25) is 0 Å². The van der Waals surface area contributed by atoms with Gasteiger partial charge in [0.1, 0.15) is 5.69 Å². The minimum Gasteiger partial charge on any atom is -0.372 e. The molecule has 0 spiro atoms. The number of nitro groups is 1. The zero-order valence-electron chi connectivity index (χ0n) is 17.6. The third kappa shape index (κ3) is 5.20. The van der Waals surface area contributed by atoms with Crippen LogP contribution in [0.3, 0.4) is 0 Å². The van der Waals surface area contributed by atoms with Crippen LogP contribution in [0.15, 0.2) is 47.4 Å². The Bertz CT molecular complexity index is 1080. The lowest BCUT2D eigenvalue weighted by atomic mass is 10.1. The third-order valence-electron chi connectivity index (χ3n) is 5.21. The molecule has 166 valence electrons. The molecule has 2 aromatic carbocycles. The van der Waals surface area contributed by atoms with Crippen molar-refractivity contribution >= 4 is 33.0 Å². The topological polar surface area (TPSA) is 113 Å². The molecular weight excluding hydrogens is 420 g/mol. The van der Waals surface area contributed by atoms with E-state index in [1.807, 2.05) is 0 Å². The highest BCUT2D eigenvalue weighted by Gasteiger charge is 2.25. The van der Waals surface area contributed by atoms with Gasteiger partial charge >= 0.3 is 0 Å². The Labute approximate surface area is 181 Å². The molecule has 31 heavy (non-hydrogen) atoms. The van der Waals surface area contributed by atoms with Gasteiger partial charge in [-0.25, -0.2) is 8.42 Å². The van der Waals surface area contributed by atoms with E-state index in [-0.39, 0.29) is 16.1 Å². The molecule has 1 amide bonds. The SMILES string of the molecule is CN(C)c1ccc(C(=O)Nc2cccc(S(=O)(=O)N3CCCCCC3)c2)cc1[N+](=O)[O-]. The molecule has 0 aliphatic carbocycles. The van der Waals surface area contributed by atoms with Gasteiger partial charge in [-0.05, 0) is 43.2 Å². The number of anilines is 2. The van der Waals surface area contributed by atoms with Crippen LogP contribution in [0.25, 0.3) is 0 Å². The van der Waals surface area contributed by atoms with Gasteiger partial charge in [0, 0.05) is 44.5 Å². The van der Waals surface area contributed by atoms with Gasteiger partial charge in [-0.1, -0.05) is 18.9 Å². The van der Waals surface area contributed by atoms with Gasteiger partial charge in [-0.3, -0.25) is 14.9 Å². The molecule has 0 saturated carbocycles. The summed E-state index contributed by atoms with van der Waals surface area (Å²) >= 11 is 0. The summed E-state index contributed by atoms with van der Waals surface area (Å²) in [6.07, 6.45) is 3.69. The molecule has 1 N–H and O–H groups in total. The van der Waals surface area contributed by atoms with Crippen molar-refractivity contribution in [1.82, 2.24) is 4.31 Å². The Hall–Kier alpha value is -2.98. The highest BCUT2D eigenvalue weighted by molar-refractivity contribution is 7.89. The summed E-state index contributed by atoms with van der Waals surface area (Å²) in [7, 11) is -0.296. The Morgan fingerprint density at radius 1 is 1.06 bits per heavy atom. The minimum absolute atomic E-state index is 0.109. The fourth-order valence-electron chi connectivity index (χ4n) is 3.56. The van der Waals surface area contributed by atoms with Crippen molar-refractivity contribution < 1.29 is 18.1 Å². The van der Waals surface area contributed by atoms with Crippen LogP contribution in [-0.4, -0.2) is 50.7 Å². The van der Waals surface area contributed by atoms with Crippen LogP contribution in [0, 0.1) is 10.1 Å². The van der Waals surface area contributed by atoms with Crippen LogP contribution < -0.4 is 10.2 Å². The molecule has 0 unspecified atom stereocenters. The van der Waals surface area contributed by atoms with E-state index in [9.17, 15) is 23.3 Å². The first kappa shape index (κ1) is 22.7. The summed E-state index contributed by atoms with van der Waals surface area (Å²) in [6, 6.07) is 10.3. The van der Waals surface area contributed by atoms with Crippen molar-refractivity contribution in [1.29, 1.82) is 0 Å². The average molecular weight is 447 g/mol. The summed E-state index contributed by atoms with van der Waals surface area (Å²) in [5.41, 5.74) is 0.612. The van der Waals surface area contributed by atoms with Crippen LogP contribution in [0.4, 0.5) is 17.1 Å². The zero-order chi connectivity index (χ0) is 22.6. The standard InChI is InChI=1S/C21H26N4O5S/c1-23(2)19-11-10-16(14-20(19)25(27)28)21(26)22-17-8-7-9-18(15-17)31(29,30)24-12-5-3-4-6-13-24/h7-11,14-15H,3-6,12-13H2,1-2H3,(H,22,26). The van der Waals surface area contributed by atoms with E-state index < -0.39 is 20.9 Å². The number of nitro benzene ring substituents is 1. The molecule has 1 aliphatic heterocycles. The number of amides is 1. The summed E-state index contributed by atoms with van der Waals surface area (Å²) in [5.74, 6) is -0.558. The number of carbonyl (C=O) groups excluding carboxylic acids is 1. The first-order valence-corrected chi connectivity index (χ1v) is 11.5. The lowest BCUT2D eigenvalue weighted by Gasteiger charge is -2.20. The summed E-state index contributed by atoms with van der Waals surface area (Å²) in [4.78, 5) is 25.2. The Balaban J connectivity index is 1.83. The predicted molar refractivity (Wildman–Crippen MR) is 119 cm³/mol. The molecule has 1 fully saturated rings. The molecule has 1 heterocycles. The van der Waals surface area contributed by atoms with Gasteiger partial charge in [-0.2, -0.15) is 4.31 Å². The number of hydrogen-bond acceptors (Lipinski definition) is 6. The molecule has 2 aromatic rings. The number of benzene rings is 2. The maximum Gasteiger partial charge on any atom is 0.293 e.